The van der Waals surface area contributed by atoms with E-state index in [4.69, 9.17) is 0 Å². The van der Waals surface area contributed by atoms with E-state index >= 15 is 0 Å². The van der Waals surface area contributed by atoms with Gasteiger partial charge >= 0.3 is 6.03 Å². The third kappa shape index (κ3) is 5.26. The third-order valence-electron chi connectivity index (χ3n) is 3.30. The van der Waals surface area contributed by atoms with Crippen LogP contribution < -0.4 is 10.6 Å². The van der Waals surface area contributed by atoms with Crippen molar-refractivity contribution >= 4 is 23.5 Å². The Morgan fingerprint density at radius 2 is 2.00 bits per heavy atom. The summed E-state index contributed by atoms with van der Waals surface area (Å²) in [6.07, 6.45) is 1.56. The van der Waals surface area contributed by atoms with E-state index < -0.39 is 12.1 Å². The number of aliphatic hydroxyl groups excluding tert-OH is 1. The van der Waals surface area contributed by atoms with Crippen LogP contribution in [0.25, 0.3) is 0 Å². The summed E-state index contributed by atoms with van der Waals surface area (Å²) in [5.74, 6) is -0.366. The van der Waals surface area contributed by atoms with Crippen LogP contribution in [0, 0.1) is 5.82 Å². The predicted molar refractivity (Wildman–Crippen MR) is 91.2 cm³/mol. The third-order valence-corrected chi connectivity index (χ3v) is 4.07. The number of nitrogens with one attached hydrogen (secondary N) is 2. The highest BCUT2D eigenvalue weighted by molar-refractivity contribution is 7.98. The van der Waals surface area contributed by atoms with Gasteiger partial charge in [-0.1, -0.05) is 30.3 Å². The summed E-state index contributed by atoms with van der Waals surface area (Å²) in [7, 11) is 0. The van der Waals surface area contributed by atoms with Crippen LogP contribution in [0.3, 0.4) is 0 Å². The normalized spacial score (nSPS) is 11.8. The molecule has 0 aromatic heterocycles. The average Bonchev–Trinajstić information content (AvgIpc) is 2.55. The van der Waals surface area contributed by atoms with Crippen molar-refractivity contribution < 1.29 is 14.3 Å². The summed E-state index contributed by atoms with van der Waals surface area (Å²) in [5, 5.41) is 15.2. The first-order valence-corrected chi connectivity index (χ1v) is 8.44. The maximum atomic E-state index is 13.6. The molecule has 2 amide bonds. The lowest BCUT2D eigenvalue weighted by molar-refractivity contribution is 0.167. The van der Waals surface area contributed by atoms with Gasteiger partial charge in [-0.15, -0.1) is 11.8 Å². The summed E-state index contributed by atoms with van der Waals surface area (Å²) in [6, 6.07) is 13.4. The van der Waals surface area contributed by atoms with Gasteiger partial charge < -0.3 is 15.7 Å². The molecule has 0 fully saturated rings. The molecular formula is C17H19FN2O2S. The smallest absolute Gasteiger partial charge is 0.319 e. The first-order valence-electron chi connectivity index (χ1n) is 7.21. The van der Waals surface area contributed by atoms with Crippen LogP contribution in [0.5, 0.6) is 0 Å². The fraction of sp³-hybridized carbons (Fsp3) is 0.235. The minimum atomic E-state index is -0.630. The number of urea groups is 1. The summed E-state index contributed by atoms with van der Waals surface area (Å²) in [5.41, 5.74) is 1.20. The number of benzene rings is 2. The van der Waals surface area contributed by atoms with Gasteiger partial charge in [-0.3, -0.25) is 0 Å². The van der Waals surface area contributed by atoms with Crippen molar-refractivity contribution in [3.63, 3.8) is 0 Å². The largest absolute Gasteiger partial charge is 0.388 e. The number of anilines is 1. The Bertz CT molecular complexity index is 652. The molecule has 1 atom stereocenters. The molecule has 2 aromatic carbocycles. The molecule has 0 bridgehead atoms. The summed E-state index contributed by atoms with van der Waals surface area (Å²) in [6.45, 7) is 0.313. The summed E-state index contributed by atoms with van der Waals surface area (Å²) < 4.78 is 13.6. The Kier molecular flexibility index (Phi) is 6.43. The van der Waals surface area contributed by atoms with E-state index in [9.17, 15) is 14.3 Å². The second-order valence-electron chi connectivity index (χ2n) is 4.95. The van der Waals surface area contributed by atoms with Crippen molar-refractivity contribution in [1.29, 1.82) is 0 Å². The van der Waals surface area contributed by atoms with Crippen LogP contribution in [-0.4, -0.2) is 23.9 Å². The highest BCUT2D eigenvalue weighted by Gasteiger charge is 2.09. The molecule has 2 aromatic rings. The number of halogens is 1. The van der Waals surface area contributed by atoms with Crippen molar-refractivity contribution in [2.75, 3.05) is 18.1 Å². The molecule has 0 heterocycles. The van der Waals surface area contributed by atoms with Gasteiger partial charge in [0.05, 0.1) is 6.10 Å². The van der Waals surface area contributed by atoms with E-state index in [2.05, 4.69) is 10.6 Å². The number of aliphatic hydroxyl groups is 1. The molecule has 2 rings (SSSR count). The lowest BCUT2D eigenvalue weighted by atomic mass is 10.1. The van der Waals surface area contributed by atoms with E-state index in [0.717, 1.165) is 5.56 Å². The standard InChI is InChI=1S/C17H19FN2O2S/c1-23-16-8-7-13(11-14(16)18)20-17(22)19-10-9-15(21)12-5-3-2-4-6-12/h2-8,11,15,21H,9-10H2,1H3,(H2,19,20,22). The van der Waals surface area contributed by atoms with E-state index in [-0.39, 0.29) is 5.82 Å². The summed E-state index contributed by atoms with van der Waals surface area (Å²) in [4.78, 5) is 12.3. The van der Waals surface area contributed by atoms with Crippen LogP contribution in [0.4, 0.5) is 14.9 Å². The molecule has 0 aliphatic carbocycles. The van der Waals surface area contributed by atoms with E-state index in [0.29, 0.717) is 23.5 Å². The zero-order chi connectivity index (χ0) is 16.7. The molecule has 0 saturated carbocycles. The fourth-order valence-electron chi connectivity index (χ4n) is 2.08. The molecular weight excluding hydrogens is 315 g/mol. The van der Waals surface area contributed by atoms with Crippen LogP contribution in [-0.2, 0) is 0 Å². The van der Waals surface area contributed by atoms with Gasteiger partial charge in [0.1, 0.15) is 5.82 Å². The van der Waals surface area contributed by atoms with Gasteiger partial charge in [0.2, 0.25) is 0 Å². The first-order chi connectivity index (χ1) is 11.1. The molecule has 23 heavy (non-hydrogen) atoms. The van der Waals surface area contributed by atoms with Crippen molar-refractivity contribution in [3.8, 4) is 0 Å². The average molecular weight is 334 g/mol. The van der Waals surface area contributed by atoms with E-state index in [1.54, 1.807) is 18.4 Å². The molecule has 0 aliphatic rings. The number of carbonyl (C=O) groups excluding carboxylic acids is 1. The maximum absolute atomic E-state index is 13.6. The monoisotopic (exact) mass is 334 g/mol. The quantitative estimate of drug-likeness (QED) is 0.704. The molecule has 3 N–H and O–H groups in total. The molecule has 4 nitrogen and oxygen atoms in total. The van der Waals surface area contributed by atoms with Crippen LogP contribution in [0.1, 0.15) is 18.1 Å². The second-order valence-corrected chi connectivity index (χ2v) is 5.79. The van der Waals surface area contributed by atoms with E-state index in [1.165, 1.54) is 17.8 Å². The highest BCUT2D eigenvalue weighted by Crippen LogP contribution is 2.22. The van der Waals surface area contributed by atoms with Gasteiger partial charge in [-0.25, -0.2) is 9.18 Å². The van der Waals surface area contributed by atoms with Crippen molar-refractivity contribution in [2.45, 2.75) is 17.4 Å². The number of hydrogen-bond donors (Lipinski definition) is 3. The molecule has 1 unspecified atom stereocenters. The highest BCUT2D eigenvalue weighted by atomic mass is 32.2. The maximum Gasteiger partial charge on any atom is 0.319 e. The molecule has 6 heteroatoms. The summed E-state index contributed by atoms with van der Waals surface area (Å²) >= 11 is 1.31. The Labute approximate surface area is 139 Å². The molecule has 0 spiro atoms. The minimum Gasteiger partial charge on any atom is -0.388 e. The molecule has 0 saturated heterocycles. The topological polar surface area (TPSA) is 61.4 Å². The van der Waals surface area contributed by atoms with Gasteiger partial charge in [0, 0.05) is 17.1 Å². The van der Waals surface area contributed by atoms with Gasteiger partial charge in [0.25, 0.3) is 0 Å². The van der Waals surface area contributed by atoms with Crippen molar-refractivity contribution in [1.82, 2.24) is 5.32 Å². The van der Waals surface area contributed by atoms with Gasteiger partial charge in [-0.05, 0) is 36.4 Å². The van der Waals surface area contributed by atoms with Crippen LogP contribution >= 0.6 is 11.8 Å². The number of carbonyl (C=O) groups is 1. The number of amides is 2. The SMILES string of the molecule is CSc1ccc(NC(=O)NCCC(O)c2ccccc2)cc1F. The predicted octanol–water partition coefficient (Wildman–Crippen LogP) is 3.79. The Balaban J connectivity index is 1.78. The first kappa shape index (κ1) is 17.3. The zero-order valence-electron chi connectivity index (χ0n) is 12.8. The van der Waals surface area contributed by atoms with Gasteiger partial charge in [-0.2, -0.15) is 0 Å². The Hall–Kier alpha value is -2.05. The number of thioether (sulfide) groups is 1. The molecule has 0 aliphatic heterocycles. The van der Waals surface area contributed by atoms with Crippen molar-refractivity contribution in [2.24, 2.45) is 0 Å². The van der Waals surface area contributed by atoms with Crippen LogP contribution in [0.15, 0.2) is 53.4 Å². The second kappa shape index (κ2) is 8.55. The zero-order valence-corrected chi connectivity index (χ0v) is 13.6. The number of rotatable bonds is 6. The Morgan fingerprint density at radius 1 is 1.26 bits per heavy atom. The Morgan fingerprint density at radius 3 is 2.65 bits per heavy atom. The minimum absolute atomic E-state index is 0.313. The lowest BCUT2D eigenvalue weighted by Gasteiger charge is -2.12. The van der Waals surface area contributed by atoms with Crippen molar-refractivity contribution in [3.05, 3.63) is 59.9 Å². The lowest BCUT2D eigenvalue weighted by Crippen LogP contribution is -2.30. The molecule has 122 valence electrons. The fourth-order valence-corrected chi connectivity index (χ4v) is 2.54. The van der Waals surface area contributed by atoms with Gasteiger partial charge in [0.15, 0.2) is 0 Å². The van der Waals surface area contributed by atoms with Crippen LogP contribution in [0.2, 0.25) is 0 Å². The van der Waals surface area contributed by atoms with E-state index in [1.807, 2.05) is 30.3 Å². The molecule has 0 radical (unpaired) electrons. The number of hydrogen-bond acceptors (Lipinski definition) is 3.